The first-order valence-electron chi connectivity index (χ1n) is 6.75. The van der Waals surface area contributed by atoms with Crippen LogP contribution in [0.4, 0.5) is 5.82 Å². The Bertz CT molecular complexity index is 404. The van der Waals surface area contributed by atoms with E-state index in [0.29, 0.717) is 17.5 Å². The average molecular weight is 286 g/mol. The summed E-state index contributed by atoms with van der Waals surface area (Å²) in [7, 11) is 0. The summed E-state index contributed by atoms with van der Waals surface area (Å²) >= 11 is 5.95. The zero-order valence-electron chi connectivity index (χ0n) is 12.2. The van der Waals surface area contributed by atoms with E-state index in [1.807, 2.05) is 0 Å². The maximum absolute atomic E-state index is 9.95. The van der Waals surface area contributed by atoms with Crippen LogP contribution in [0.1, 0.15) is 46.4 Å². The minimum Gasteiger partial charge on any atom is -0.391 e. The predicted molar refractivity (Wildman–Crippen MR) is 79.6 cm³/mol. The molecule has 1 atom stereocenters. The summed E-state index contributed by atoms with van der Waals surface area (Å²) in [5.74, 6) is 1.42. The van der Waals surface area contributed by atoms with Gasteiger partial charge in [0.25, 0.3) is 0 Å². The van der Waals surface area contributed by atoms with Crippen molar-refractivity contribution in [1.82, 2.24) is 9.97 Å². The molecule has 19 heavy (non-hydrogen) atoms. The second kappa shape index (κ2) is 7.06. The first kappa shape index (κ1) is 16.2. The molecule has 2 N–H and O–H groups in total. The molecule has 0 saturated carbocycles. The molecule has 0 amide bonds. The van der Waals surface area contributed by atoms with Crippen molar-refractivity contribution in [2.45, 2.75) is 53.1 Å². The highest BCUT2D eigenvalue weighted by Crippen LogP contribution is 2.21. The normalized spacial score (nSPS) is 13.4. The van der Waals surface area contributed by atoms with Crippen molar-refractivity contribution in [2.75, 3.05) is 11.9 Å². The molecule has 1 unspecified atom stereocenters. The van der Waals surface area contributed by atoms with Crippen molar-refractivity contribution in [1.29, 1.82) is 0 Å². The molecule has 0 saturated heterocycles. The van der Waals surface area contributed by atoms with E-state index in [1.54, 1.807) is 6.07 Å². The van der Waals surface area contributed by atoms with Gasteiger partial charge in [-0.15, -0.1) is 0 Å². The number of hydrogen-bond acceptors (Lipinski definition) is 4. The molecule has 0 aliphatic heterocycles. The lowest BCUT2D eigenvalue weighted by Gasteiger charge is -2.22. The number of aryl methyl sites for hydroxylation is 1. The van der Waals surface area contributed by atoms with Crippen molar-refractivity contribution in [3.63, 3.8) is 0 Å². The van der Waals surface area contributed by atoms with Crippen LogP contribution in [0.25, 0.3) is 0 Å². The van der Waals surface area contributed by atoms with Gasteiger partial charge >= 0.3 is 0 Å². The third kappa shape index (κ3) is 6.73. The summed E-state index contributed by atoms with van der Waals surface area (Å²) in [5.41, 5.74) is 0.109. The van der Waals surface area contributed by atoms with Gasteiger partial charge in [-0.1, -0.05) is 39.3 Å². The zero-order valence-corrected chi connectivity index (χ0v) is 13.0. The van der Waals surface area contributed by atoms with E-state index in [4.69, 9.17) is 11.6 Å². The van der Waals surface area contributed by atoms with Crippen LogP contribution >= 0.6 is 11.6 Å². The molecule has 1 aromatic heterocycles. The Hall–Kier alpha value is -0.870. The Morgan fingerprint density at radius 1 is 1.37 bits per heavy atom. The molecule has 0 spiro atoms. The summed E-state index contributed by atoms with van der Waals surface area (Å²) in [6.07, 6.45) is 2.12. The van der Waals surface area contributed by atoms with Crippen molar-refractivity contribution >= 4 is 17.4 Å². The summed E-state index contributed by atoms with van der Waals surface area (Å²) in [6.45, 7) is 8.87. The lowest BCUT2D eigenvalue weighted by molar-refractivity contribution is 0.132. The molecule has 0 aromatic carbocycles. The van der Waals surface area contributed by atoms with Gasteiger partial charge in [-0.05, 0) is 18.3 Å². The van der Waals surface area contributed by atoms with Crippen LogP contribution in [0.5, 0.6) is 0 Å². The molecule has 0 radical (unpaired) electrons. The van der Waals surface area contributed by atoms with Gasteiger partial charge in [-0.3, -0.25) is 0 Å². The highest BCUT2D eigenvalue weighted by atomic mass is 35.5. The molecular weight excluding hydrogens is 262 g/mol. The van der Waals surface area contributed by atoms with E-state index < -0.39 is 6.10 Å². The SMILES string of the molecule is CCCc1nc(Cl)cc(NCC(O)CC(C)(C)C)n1. The van der Waals surface area contributed by atoms with Gasteiger partial charge < -0.3 is 10.4 Å². The van der Waals surface area contributed by atoms with E-state index in [1.165, 1.54) is 0 Å². The second-order valence-electron chi connectivity index (χ2n) is 6.04. The van der Waals surface area contributed by atoms with Crippen molar-refractivity contribution < 1.29 is 5.11 Å². The first-order valence-corrected chi connectivity index (χ1v) is 7.13. The van der Waals surface area contributed by atoms with Crippen LogP contribution in [-0.2, 0) is 6.42 Å². The standard InChI is InChI=1S/C14H24ClN3O/c1-5-6-12-17-11(15)7-13(18-12)16-9-10(19)8-14(2,3)4/h7,10,19H,5-6,8-9H2,1-4H3,(H,16,17,18). The highest BCUT2D eigenvalue weighted by molar-refractivity contribution is 6.29. The van der Waals surface area contributed by atoms with Crippen LogP contribution in [0.15, 0.2) is 6.07 Å². The van der Waals surface area contributed by atoms with E-state index in [-0.39, 0.29) is 5.41 Å². The summed E-state index contributed by atoms with van der Waals surface area (Å²) in [5, 5.41) is 13.5. The Labute approximate surface area is 120 Å². The van der Waals surface area contributed by atoms with Gasteiger partial charge in [0.15, 0.2) is 0 Å². The fourth-order valence-electron chi connectivity index (χ4n) is 1.89. The molecule has 1 aromatic rings. The van der Waals surface area contributed by atoms with Crippen LogP contribution in [0.3, 0.4) is 0 Å². The van der Waals surface area contributed by atoms with Gasteiger partial charge in [0.1, 0.15) is 16.8 Å². The molecule has 5 heteroatoms. The number of aliphatic hydroxyl groups is 1. The van der Waals surface area contributed by atoms with Crippen LogP contribution in [0.2, 0.25) is 5.15 Å². The third-order valence-electron chi connectivity index (χ3n) is 2.58. The maximum atomic E-state index is 9.95. The molecule has 1 heterocycles. The largest absolute Gasteiger partial charge is 0.391 e. The van der Waals surface area contributed by atoms with Crippen molar-refractivity contribution in [3.05, 3.63) is 17.0 Å². The first-order chi connectivity index (χ1) is 8.80. The summed E-state index contributed by atoms with van der Waals surface area (Å²) in [4.78, 5) is 8.54. The molecule has 1 rings (SSSR count). The number of aliphatic hydroxyl groups excluding tert-OH is 1. The van der Waals surface area contributed by atoms with Crippen molar-refractivity contribution in [2.24, 2.45) is 5.41 Å². The van der Waals surface area contributed by atoms with E-state index in [0.717, 1.165) is 25.1 Å². The number of aromatic nitrogens is 2. The summed E-state index contributed by atoms with van der Waals surface area (Å²) in [6, 6.07) is 1.69. The number of halogens is 1. The Kier molecular flexibility index (Phi) is 6.01. The third-order valence-corrected chi connectivity index (χ3v) is 2.78. The highest BCUT2D eigenvalue weighted by Gasteiger charge is 2.16. The van der Waals surface area contributed by atoms with E-state index in [9.17, 15) is 5.11 Å². The molecule has 0 bridgehead atoms. The van der Waals surface area contributed by atoms with Gasteiger partial charge in [0, 0.05) is 19.0 Å². The fraction of sp³-hybridized carbons (Fsp3) is 0.714. The Balaban J connectivity index is 2.57. The van der Waals surface area contributed by atoms with Crippen LogP contribution < -0.4 is 5.32 Å². The lowest BCUT2D eigenvalue weighted by Crippen LogP contribution is -2.25. The van der Waals surface area contributed by atoms with Crippen LogP contribution in [0, 0.1) is 5.41 Å². The van der Waals surface area contributed by atoms with Gasteiger partial charge in [0.2, 0.25) is 0 Å². The number of nitrogens with zero attached hydrogens (tertiary/aromatic N) is 2. The minimum atomic E-state index is -0.400. The summed E-state index contributed by atoms with van der Waals surface area (Å²) < 4.78 is 0. The topological polar surface area (TPSA) is 58.0 Å². The fourth-order valence-corrected chi connectivity index (χ4v) is 2.09. The zero-order chi connectivity index (χ0) is 14.5. The molecule has 4 nitrogen and oxygen atoms in total. The van der Waals surface area contributed by atoms with E-state index >= 15 is 0 Å². The van der Waals surface area contributed by atoms with Gasteiger partial charge in [-0.2, -0.15) is 0 Å². The Morgan fingerprint density at radius 3 is 2.63 bits per heavy atom. The predicted octanol–water partition coefficient (Wildman–Crippen LogP) is 3.29. The number of hydrogen-bond donors (Lipinski definition) is 2. The number of anilines is 1. The second-order valence-corrected chi connectivity index (χ2v) is 6.43. The van der Waals surface area contributed by atoms with Crippen molar-refractivity contribution in [3.8, 4) is 0 Å². The Morgan fingerprint density at radius 2 is 2.05 bits per heavy atom. The van der Waals surface area contributed by atoms with Gasteiger partial charge in [0.05, 0.1) is 6.10 Å². The molecule has 0 fully saturated rings. The minimum absolute atomic E-state index is 0.109. The monoisotopic (exact) mass is 285 g/mol. The smallest absolute Gasteiger partial charge is 0.134 e. The van der Waals surface area contributed by atoms with E-state index in [2.05, 4.69) is 43.0 Å². The van der Waals surface area contributed by atoms with Gasteiger partial charge in [-0.25, -0.2) is 9.97 Å². The molecule has 0 aliphatic rings. The maximum Gasteiger partial charge on any atom is 0.134 e. The molecular formula is C14H24ClN3O. The molecule has 0 aliphatic carbocycles. The average Bonchev–Trinajstić information content (AvgIpc) is 2.24. The van der Waals surface area contributed by atoms with Crippen LogP contribution in [-0.4, -0.2) is 27.7 Å². The number of nitrogens with one attached hydrogen (secondary N) is 1. The molecule has 108 valence electrons. The quantitative estimate of drug-likeness (QED) is 0.788. The lowest BCUT2D eigenvalue weighted by atomic mass is 9.89. The number of rotatable bonds is 6.